The number of nitriles is 1. The summed E-state index contributed by atoms with van der Waals surface area (Å²) in [4.78, 5) is 0. The molecular formula is C7H9N3S2. The van der Waals surface area contributed by atoms with Crippen molar-refractivity contribution in [3.8, 4) is 6.07 Å². The normalized spacial score (nSPS) is 11.1. The molecule has 0 aliphatic rings. The van der Waals surface area contributed by atoms with Crippen LogP contribution in [0.1, 0.15) is 13.8 Å². The number of aromatic nitrogens is 2. The first-order chi connectivity index (χ1) is 5.64. The molecule has 1 heterocycles. The molecule has 0 atom stereocenters. The molecule has 1 aromatic heterocycles. The average molecular weight is 199 g/mol. The molecule has 1 aromatic rings. The lowest BCUT2D eigenvalue weighted by Gasteiger charge is -2.11. The molecule has 0 saturated heterocycles. The van der Waals surface area contributed by atoms with Crippen LogP contribution in [0.4, 0.5) is 0 Å². The summed E-state index contributed by atoms with van der Waals surface area (Å²) in [6.45, 7) is 3.84. The Morgan fingerprint density at radius 3 is 3.00 bits per heavy atom. The molecule has 0 saturated carbocycles. The predicted molar refractivity (Wildman–Crippen MR) is 50.0 cm³/mol. The van der Waals surface area contributed by atoms with E-state index in [4.69, 9.17) is 5.26 Å². The molecule has 0 N–H and O–H groups in total. The predicted octanol–water partition coefficient (Wildman–Crippen LogP) is 2.18. The highest BCUT2D eigenvalue weighted by Gasteiger charge is 2.17. The lowest BCUT2D eigenvalue weighted by Crippen LogP contribution is -2.10. The van der Waals surface area contributed by atoms with Crippen LogP contribution in [-0.2, 0) is 0 Å². The monoisotopic (exact) mass is 199 g/mol. The Hall–Kier alpha value is -0.600. The van der Waals surface area contributed by atoms with E-state index >= 15 is 0 Å². The number of thioether (sulfide) groups is 1. The number of hydrogen-bond donors (Lipinski definition) is 0. The lowest BCUT2D eigenvalue weighted by atomic mass is 10.00. The Balaban J connectivity index is 2.42. The highest BCUT2D eigenvalue weighted by molar-refractivity contribution is 8.01. The van der Waals surface area contributed by atoms with Crippen molar-refractivity contribution in [2.45, 2.75) is 18.2 Å². The minimum absolute atomic E-state index is 0.281. The molecule has 0 aliphatic heterocycles. The van der Waals surface area contributed by atoms with Crippen molar-refractivity contribution in [1.29, 1.82) is 5.26 Å². The van der Waals surface area contributed by atoms with Crippen molar-refractivity contribution in [3.63, 3.8) is 0 Å². The van der Waals surface area contributed by atoms with Gasteiger partial charge < -0.3 is 0 Å². The van der Waals surface area contributed by atoms with E-state index in [1.54, 1.807) is 17.3 Å². The molecule has 3 nitrogen and oxygen atoms in total. The number of nitrogens with zero attached hydrogens (tertiary/aromatic N) is 3. The average Bonchev–Trinajstić information content (AvgIpc) is 2.53. The molecule has 0 fully saturated rings. The summed E-state index contributed by atoms with van der Waals surface area (Å²) in [5, 5.41) is 16.3. The van der Waals surface area contributed by atoms with E-state index in [-0.39, 0.29) is 5.41 Å². The topological polar surface area (TPSA) is 49.6 Å². The van der Waals surface area contributed by atoms with E-state index < -0.39 is 0 Å². The van der Waals surface area contributed by atoms with Crippen LogP contribution in [0.3, 0.4) is 0 Å². The van der Waals surface area contributed by atoms with E-state index in [1.807, 2.05) is 13.8 Å². The third kappa shape index (κ3) is 2.80. The molecule has 0 aliphatic carbocycles. The van der Waals surface area contributed by atoms with Crippen LogP contribution in [0.5, 0.6) is 0 Å². The SMILES string of the molecule is CC(C)(C#N)CSc1nncs1. The summed E-state index contributed by atoms with van der Waals surface area (Å²) in [5.41, 5.74) is 1.41. The van der Waals surface area contributed by atoms with Gasteiger partial charge >= 0.3 is 0 Å². The fourth-order valence-electron chi connectivity index (χ4n) is 0.500. The molecule has 0 amide bonds. The van der Waals surface area contributed by atoms with Gasteiger partial charge in [-0.3, -0.25) is 0 Å². The Kier molecular flexibility index (Phi) is 3.06. The Labute approximate surface area is 79.8 Å². The maximum atomic E-state index is 8.73. The summed E-state index contributed by atoms with van der Waals surface area (Å²) in [6.07, 6.45) is 0. The maximum Gasteiger partial charge on any atom is 0.174 e. The minimum Gasteiger partial charge on any atom is -0.198 e. The summed E-state index contributed by atoms with van der Waals surface area (Å²) >= 11 is 3.09. The first-order valence-electron chi connectivity index (χ1n) is 3.44. The Morgan fingerprint density at radius 2 is 2.50 bits per heavy atom. The van der Waals surface area contributed by atoms with E-state index in [2.05, 4.69) is 16.3 Å². The van der Waals surface area contributed by atoms with Gasteiger partial charge in [-0.15, -0.1) is 10.2 Å². The van der Waals surface area contributed by atoms with Gasteiger partial charge in [0.05, 0.1) is 11.5 Å². The summed E-state index contributed by atoms with van der Waals surface area (Å²) in [6, 6.07) is 2.24. The van der Waals surface area contributed by atoms with Crippen molar-refractivity contribution in [1.82, 2.24) is 10.2 Å². The third-order valence-electron chi connectivity index (χ3n) is 1.20. The first-order valence-corrected chi connectivity index (χ1v) is 5.31. The molecule has 0 bridgehead atoms. The zero-order valence-electron chi connectivity index (χ0n) is 6.94. The van der Waals surface area contributed by atoms with Crippen LogP contribution in [0.2, 0.25) is 0 Å². The van der Waals surface area contributed by atoms with Crippen molar-refractivity contribution in [2.24, 2.45) is 5.41 Å². The largest absolute Gasteiger partial charge is 0.198 e. The van der Waals surface area contributed by atoms with Gasteiger partial charge in [-0.05, 0) is 13.8 Å². The van der Waals surface area contributed by atoms with Gasteiger partial charge in [0.15, 0.2) is 4.34 Å². The lowest BCUT2D eigenvalue weighted by molar-refractivity contribution is 0.574. The summed E-state index contributed by atoms with van der Waals surface area (Å²) in [5.74, 6) is 0.763. The van der Waals surface area contributed by atoms with Crippen LogP contribution in [0, 0.1) is 16.7 Å². The van der Waals surface area contributed by atoms with Crippen LogP contribution in [-0.4, -0.2) is 16.0 Å². The van der Waals surface area contributed by atoms with E-state index in [1.165, 1.54) is 11.3 Å². The molecule has 1 rings (SSSR count). The number of hydrogen-bond acceptors (Lipinski definition) is 5. The van der Waals surface area contributed by atoms with Gasteiger partial charge in [-0.25, -0.2) is 0 Å². The van der Waals surface area contributed by atoms with Gasteiger partial charge in [-0.2, -0.15) is 5.26 Å². The second-order valence-electron chi connectivity index (χ2n) is 2.99. The standard InChI is InChI=1S/C7H9N3S2/c1-7(2,3-8)4-11-6-10-9-5-12-6/h5H,4H2,1-2H3. The van der Waals surface area contributed by atoms with Crippen molar-refractivity contribution >= 4 is 23.1 Å². The highest BCUT2D eigenvalue weighted by Crippen LogP contribution is 2.27. The van der Waals surface area contributed by atoms with Gasteiger partial charge in [0.2, 0.25) is 0 Å². The van der Waals surface area contributed by atoms with Crippen LogP contribution in [0.25, 0.3) is 0 Å². The fraction of sp³-hybridized carbons (Fsp3) is 0.571. The van der Waals surface area contributed by atoms with E-state index in [0.717, 1.165) is 10.1 Å². The Morgan fingerprint density at radius 1 is 1.75 bits per heavy atom. The molecule has 12 heavy (non-hydrogen) atoms. The molecule has 0 aromatic carbocycles. The Bertz CT molecular complexity index is 273. The zero-order chi connectivity index (χ0) is 9.03. The maximum absolute atomic E-state index is 8.73. The highest BCUT2D eigenvalue weighted by atomic mass is 32.2. The molecule has 0 radical (unpaired) electrons. The van der Waals surface area contributed by atoms with Gasteiger partial charge in [0, 0.05) is 5.75 Å². The van der Waals surface area contributed by atoms with E-state index in [0.29, 0.717) is 0 Å². The quantitative estimate of drug-likeness (QED) is 0.700. The smallest absolute Gasteiger partial charge is 0.174 e. The van der Waals surface area contributed by atoms with Crippen molar-refractivity contribution in [3.05, 3.63) is 5.51 Å². The second kappa shape index (κ2) is 3.87. The van der Waals surface area contributed by atoms with Gasteiger partial charge in [-0.1, -0.05) is 23.1 Å². The van der Waals surface area contributed by atoms with Gasteiger partial charge in [0.25, 0.3) is 0 Å². The fourth-order valence-corrected chi connectivity index (χ4v) is 2.01. The van der Waals surface area contributed by atoms with Crippen LogP contribution in [0.15, 0.2) is 9.85 Å². The molecule has 5 heteroatoms. The molecule has 0 unspecified atom stereocenters. The minimum atomic E-state index is -0.281. The number of rotatable bonds is 3. The van der Waals surface area contributed by atoms with Crippen LogP contribution >= 0.6 is 23.1 Å². The summed E-state index contributed by atoms with van der Waals surface area (Å²) in [7, 11) is 0. The van der Waals surface area contributed by atoms with Crippen molar-refractivity contribution in [2.75, 3.05) is 5.75 Å². The van der Waals surface area contributed by atoms with E-state index in [9.17, 15) is 0 Å². The van der Waals surface area contributed by atoms with Crippen LogP contribution < -0.4 is 0 Å². The molecular weight excluding hydrogens is 190 g/mol. The zero-order valence-corrected chi connectivity index (χ0v) is 8.58. The summed E-state index contributed by atoms with van der Waals surface area (Å²) < 4.78 is 0.929. The van der Waals surface area contributed by atoms with Gasteiger partial charge in [0.1, 0.15) is 5.51 Å². The van der Waals surface area contributed by atoms with Crippen molar-refractivity contribution < 1.29 is 0 Å². The molecule has 64 valence electrons. The molecule has 0 spiro atoms. The second-order valence-corrected chi connectivity index (χ2v) is 5.04. The first kappa shape index (κ1) is 9.49. The third-order valence-corrected chi connectivity index (χ3v) is 3.52.